The van der Waals surface area contributed by atoms with Gasteiger partial charge in [0.05, 0.1) is 26.9 Å². The Kier molecular flexibility index (Phi) is 5.25. The Balaban J connectivity index is 1.54. The van der Waals surface area contributed by atoms with Crippen LogP contribution in [0.4, 0.5) is 5.95 Å². The van der Waals surface area contributed by atoms with Crippen LogP contribution in [0.3, 0.4) is 0 Å². The number of aryl methyl sites for hydroxylation is 3. The molecule has 0 spiro atoms. The van der Waals surface area contributed by atoms with Crippen LogP contribution in [0.25, 0.3) is 32.5 Å². The molecule has 0 atom stereocenters. The number of carbonyl (C=O) groups is 2. The van der Waals surface area contributed by atoms with Gasteiger partial charge in [-0.3, -0.25) is 29.0 Å². The van der Waals surface area contributed by atoms with Gasteiger partial charge in [-0.2, -0.15) is 0 Å². The SMILES string of the molecule is Cn1c(=O)n(C)c2cc3c(cc21)nc(NC(=O)c1ccc(-c2ccncc2)s1)n3CCC(N)=O. The van der Waals surface area contributed by atoms with Crippen LogP contribution < -0.4 is 16.7 Å². The van der Waals surface area contributed by atoms with Crippen LogP contribution in [-0.2, 0) is 25.4 Å². The molecule has 10 nitrogen and oxygen atoms in total. The van der Waals surface area contributed by atoms with Gasteiger partial charge in [-0.25, -0.2) is 9.78 Å². The molecule has 0 saturated heterocycles. The van der Waals surface area contributed by atoms with E-state index in [4.69, 9.17) is 5.73 Å². The standard InChI is InChI=1S/C23H21N7O3S/c1-28-16-11-14-15(12-17(16)29(2)23(28)33)30(10-7-20(24)31)22(26-14)27-21(32)19-4-3-18(34-19)13-5-8-25-9-6-13/h3-6,8-9,11-12H,7,10H2,1-2H3,(H2,24,31)(H,26,27,32). The van der Waals surface area contributed by atoms with Gasteiger partial charge in [0.1, 0.15) is 0 Å². The number of rotatable bonds is 6. The maximum atomic E-state index is 13.1. The van der Waals surface area contributed by atoms with Crippen molar-refractivity contribution in [3.63, 3.8) is 0 Å². The van der Waals surface area contributed by atoms with Crippen LogP contribution in [0.5, 0.6) is 0 Å². The van der Waals surface area contributed by atoms with Crippen molar-refractivity contribution in [3.05, 3.63) is 64.2 Å². The first-order valence-electron chi connectivity index (χ1n) is 10.5. The number of fused-ring (bicyclic) bond motifs is 2. The quantitative estimate of drug-likeness (QED) is 0.390. The number of hydrogen-bond acceptors (Lipinski definition) is 6. The van der Waals surface area contributed by atoms with E-state index in [1.54, 1.807) is 52.3 Å². The van der Waals surface area contributed by atoms with Gasteiger partial charge in [0.25, 0.3) is 5.91 Å². The zero-order valence-corrected chi connectivity index (χ0v) is 19.3. The Morgan fingerprint density at radius 2 is 1.74 bits per heavy atom. The van der Waals surface area contributed by atoms with Crippen molar-refractivity contribution in [1.29, 1.82) is 0 Å². The highest BCUT2D eigenvalue weighted by Gasteiger charge is 2.19. The molecular formula is C23H21N7O3S. The summed E-state index contributed by atoms with van der Waals surface area (Å²) in [5, 5.41) is 2.88. The smallest absolute Gasteiger partial charge is 0.328 e. The molecule has 5 rings (SSSR count). The molecule has 5 aromatic rings. The normalized spacial score (nSPS) is 11.4. The second-order valence-electron chi connectivity index (χ2n) is 7.89. The average molecular weight is 476 g/mol. The maximum Gasteiger partial charge on any atom is 0.328 e. The van der Waals surface area contributed by atoms with Gasteiger partial charge in [0, 0.05) is 44.3 Å². The van der Waals surface area contributed by atoms with E-state index < -0.39 is 5.91 Å². The lowest BCUT2D eigenvalue weighted by atomic mass is 10.2. The van der Waals surface area contributed by atoms with Gasteiger partial charge < -0.3 is 10.3 Å². The molecular weight excluding hydrogens is 454 g/mol. The van der Waals surface area contributed by atoms with E-state index in [1.165, 1.54) is 11.3 Å². The van der Waals surface area contributed by atoms with Gasteiger partial charge >= 0.3 is 5.69 Å². The zero-order valence-electron chi connectivity index (χ0n) is 18.5. The first kappa shape index (κ1) is 21.6. The molecule has 2 amide bonds. The molecule has 34 heavy (non-hydrogen) atoms. The van der Waals surface area contributed by atoms with Crippen LogP contribution in [-0.4, -0.2) is 35.5 Å². The first-order valence-corrected chi connectivity index (χ1v) is 11.3. The van der Waals surface area contributed by atoms with E-state index in [9.17, 15) is 14.4 Å². The van der Waals surface area contributed by atoms with E-state index in [1.807, 2.05) is 24.3 Å². The summed E-state index contributed by atoms with van der Waals surface area (Å²) < 4.78 is 4.83. The summed E-state index contributed by atoms with van der Waals surface area (Å²) >= 11 is 1.36. The highest BCUT2D eigenvalue weighted by molar-refractivity contribution is 7.17. The number of nitrogens with one attached hydrogen (secondary N) is 1. The summed E-state index contributed by atoms with van der Waals surface area (Å²) in [4.78, 5) is 47.0. The monoisotopic (exact) mass is 475 g/mol. The molecule has 1 aromatic carbocycles. The molecule has 0 radical (unpaired) electrons. The molecule has 4 heterocycles. The van der Waals surface area contributed by atoms with Gasteiger partial charge in [0.2, 0.25) is 11.9 Å². The van der Waals surface area contributed by atoms with Crippen LogP contribution in [0.1, 0.15) is 16.1 Å². The third-order valence-corrected chi connectivity index (χ3v) is 6.88. The predicted molar refractivity (Wildman–Crippen MR) is 131 cm³/mol. The molecule has 0 aliphatic heterocycles. The number of pyridine rings is 1. The Hall–Kier alpha value is -4.25. The van der Waals surface area contributed by atoms with E-state index in [-0.39, 0.29) is 24.6 Å². The van der Waals surface area contributed by atoms with Gasteiger partial charge in [-0.05, 0) is 42.0 Å². The number of imidazole rings is 2. The van der Waals surface area contributed by atoms with Crippen molar-refractivity contribution in [2.45, 2.75) is 13.0 Å². The van der Waals surface area contributed by atoms with Gasteiger partial charge in [-0.1, -0.05) is 0 Å². The molecule has 11 heteroatoms. The van der Waals surface area contributed by atoms with Crippen LogP contribution in [0.15, 0.2) is 53.6 Å². The number of carbonyl (C=O) groups excluding carboxylic acids is 2. The number of nitrogens with zero attached hydrogens (tertiary/aromatic N) is 5. The highest BCUT2D eigenvalue weighted by atomic mass is 32.1. The molecule has 3 N–H and O–H groups in total. The van der Waals surface area contributed by atoms with Crippen molar-refractivity contribution in [3.8, 4) is 10.4 Å². The molecule has 0 aliphatic rings. The first-order chi connectivity index (χ1) is 16.3. The van der Waals surface area contributed by atoms with Crippen molar-refractivity contribution in [1.82, 2.24) is 23.7 Å². The highest BCUT2D eigenvalue weighted by Crippen LogP contribution is 2.29. The van der Waals surface area contributed by atoms with Gasteiger partial charge in [0.15, 0.2) is 0 Å². The Bertz CT molecular complexity index is 1630. The molecule has 0 unspecified atom stereocenters. The maximum absolute atomic E-state index is 13.1. The minimum Gasteiger partial charge on any atom is -0.370 e. The third-order valence-electron chi connectivity index (χ3n) is 5.74. The lowest BCUT2D eigenvalue weighted by Crippen LogP contribution is -2.19. The van der Waals surface area contributed by atoms with E-state index in [2.05, 4.69) is 15.3 Å². The molecule has 0 aliphatic carbocycles. The number of amides is 2. The molecule has 0 fully saturated rings. The third kappa shape index (κ3) is 3.65. The summed E-state index contributed by atoms with van der Waals surface area (Å²) in [6.07, 6.45) is 3.48. The number of benzene rings is 1. The molecule has 172 valence electrons. The molecule has 0 saturated carbocycles. The zero-order chi connectivity index (χ0) is 24.0. The number of nitrogens with two attached hydrogens (primary N) is 1. The van der Waals surface area contributed by atoms with Crippen molar-refractivity contribution in [2.24, 2.45) is 19.8 Å². The van der Waals surface area contributed by atoms with Crippen LogP contribution in [0.2, 0.25) is 0 Å². The second-order valence-corrected chi connectivity index (χ2v) is 8.97. The Morgan fingerprint density at radius 3 is 2.44 bits per heavy atom. The van der Waals surface area contributed by atoms with Crippen molar-refractivity contribution >= 4 is 51.2 Å². The topological polar surface area (TPSA) is 130 Å². The van der Waals surface area contributed by atoms with E-state index in [0.29, 0.717) is 21.9 Å². The average Bonchev–Trinajstić information content (AvgIpc) is 3.50. The number of anilines is 1. The summed E-state index contributed by atoms with van der Waals surface area (Å²) in [6.45, 7) is 0.237. The Morgan fingerprint density at radius 1 is 1.03 bits per heavy atom. The summed E-state index contributed by atoms with van der Waals surface area (Å²) in [5.41, 5.74) is 8.93. The van der Waals surface area contributed by atoms with Crippen LogP contribution >= 0.6 is 11.3 Å². The fourth-order valence-electron chi connectivity index (χ4n) is 3.96. The van der Waals surface area contributed by atoms with Gasteiger partial charge in [-0.15, -0.1) is 11.3 Å². The number of hydrogen-bond donors (Lipinski definition) is 2. The summed E-state index contributed by atoms with van der Waals surface area (Å²) in [5.74, 6) is -0.467. The second kappa shape index (κ2) is 8.27. The molecule has 0 bridgehead atoms. The lowest BCUT2D eigenvalue weighted by Gasteiger charge is -2.09. The summed E-state index contributed by atoms with van der Waals surface area (Å²) in [6, 6.07) is 11.1. The molecule has 4 aromatic heterocycles. The minimum atomic E-state index is -0.465. The largest absolute Gasteiger partial charge is 0.370 e. The number of aromatic nitrogens is 5. The number of primary amides is 1. The lowest BCUT2D eigenvalue weighted by molar-refractivity contribution is -0.118. The number of thiophene rings is 1. The predicted octanol–water partition coefficient (Wildman–Crippen LogP) is 2.48. The van der Waals surface area contributed by atoms with Crippen molar-refractivity contribution < 1.29 is 9.59 Å². The minimum absolute atomic E-state index is 0.0747. The van der Waals surface area contributed by atoms with Crippen LogP contribution in [0, 0.1) is 0 Å². The van der Waals surface area contributed by atoms with E-state index >= 15 is 0 Å². The van der Waals surface area contributed by atoms with E-state index in [0.717, 1.165) is 21.5 Å². The van der Waals surface area contributed by atoms with Crippen molar-refractivity contribution in [2.75, 3.05) is 5.32 Å². The fourth-order valence-corrected chi connectivity index (χ4v) is 4.86. The summed E-state index contributed by atoms with van der Waals surface area (Å²) in [7, 11) is 3.39. The Labute approximate surface area is 197 Å². The fraction of sp³-hybridized carbons (Fsp3) is 0.174.